The van der Waals surface area contributed by atoms with Crippen LogP contribution in [0.2, 0.25) is 5.02 Å². The van der Waals surface area contributed by atoms with Crippen molar-refractivity contribution in [3.8, 4) is 29.2 Å². The van der Waals surface area contributed by atoms with Gasteiger partial charge < -0.3 is 19.3 Å². The number of nitriles is 1. The highest BCUT2D eigenvalue weighted by Gasteiger charge is 2.33. The molecule has 0 saturated carbocycles. The second kappa shape index (κ2) is 25.1. The molecule has 29 nitrogen and oxygen atoms in total. The molecule has 3 aromatic heterocycles. The quantitative estimate of drug-likeness (QED) is 0.00971. The van der Waals surface area contributed by atoms with Gasteiger partial charge in [0.2, 0.25) is 11.0 Å². The largest absolute Gasteiger partial charge is 0.494 e. The minimum atomic E-state index is -5.49. The van der Waals surface area contributed by atoms with Crippen LogP contribution in [0, 0.1) is 18.3 Å². The van der Waals surface area contributed by atoms with Crippen LogP contribution in [0.1, 0.15) is 30.4 Å². The van der Waals surface area contributed by atoms with Gasteiger partial charge in [-0.15, -0.1) is 42.4 Å². The molecule has 0 aliphatic heterocycles. The van der Waals surface area contributed by atoms with E-state index in [1.54, 1.807) is 24.3 Å². The van der Waals surface area contributed by atoms with Crippen LogP contribution in [0.4, 0.5) is 33.6 Å². The number of ether oxygens (including phenoxy) is 3. The van der Waals surface area contributed by atoms with E-state index in [2.05, 4.69) is 59.4 Å². The summed E-state index contributed by atoms with van der Waals surface area (Å²) in [5.74, 6) is -2.40. The number of benzene rings is 5. The predicted octanol–water partition coefficient (Wildman–Crippen LogP) is 10.5. The fourth-order valence-corrected chi connectivity index (χ4v) is 13.7. The molecule has 8 aromatic rings. The highest BCUT2D eigenvalue weighted by Crippen LogP contribution is 2.49. The number of thiazole rings is 1. The number of hydrogen-bond donors (Lipinski definition) is 7. The van der Waals surface area contributed by atoms with Crippen LogP contribution in [-0.2, 0) is 50.6 Å². The second-order valence-corrected chi connectivity index (χ2v) is 27.7. The Morgan fingerprint density at radius 2 is 1.39 bits per heavy atom. The molecule has 0 aliphatic carbocycles. The number of fused-ring (bicyclic) bond motifs is 6. The zero-order chi connectivity index (χ0) is 61.3. The van der Waals surface area contributed by atoms with E-state index in [4.69, 9.17) is 25.8 Å². The SMILES string of the molecule is COc1cc(N=Nc2cc(OCCCS(=O)(=O)O)c(N=Nc3c(C)c(C#N)c4nc5ccccc5n4c3O)cc2Cl)c(SCCCS(=O)(=O)O)cc1N=Nc1nc2c(OCCCS)c(S(=O)(=O)O)c3cc(S(=O)(=O)O)cc(S(=O)(=O)O)c3c2s1. The number of rotatable bonds is 24. The molecule has 8 rings (SSSR count). The number of imidazole rings is 1. The summed E-state index contributed by atoms with van der Waals surface area (Å²) in [6, 6.07) is 15.0. The molecule has 0 spiro atoms. The lowest BCUT2D eigenvalue weighted by molar-refractivity contribution is 0.313. The van der Waals surface area contributed by atoms with Crippen molar-refractivity contribution in [2.75, 3.05) is 43.3 Å². The number of thiol groups is 1. The van der Waals surface area contributed by atoms with Gasteiger partial charge in [-0.1, -0.05) is 35.1 Å². The topological polar surface area (TPSA) is 448 Å². The van der Waals surface area contributed by atoms with Crippen LogP contribution in [-0.4, -0.2) is 128 Å². The molecule has 0 unspecified atom stereocenters. The normalized spacial score (nSPS) is 13.0. The summed E-state index contributed by atoms with van der Waals surface area (Å²) in [6.45, 7) is 0.925. The number of methoxy groups -OCH3 is 1. The number of hydrogen-bond acceptors (Lipinski definition) is 26. The Balaban J connectivity index is 1.23. The number of pyridine rings is 1. The van der Waals surface area contributed by atoms with Crippen molar-refractivity contribution < 1.29 is 84.2 Å². The summed E-state index contributed by atoms with van der Waals surface area (Å²) >= 11 is 12.4. The third-order valence-electron chi connectivity index (χ3n) is 11.7. The molecule has 0 amide bonds. The van der Waals surface area contributed by atoms with E-state index in [1.807, 2.05) is 0 Å². The molecule has 0 fully saturated rings. The van der Waals surface area contributed by atoms with Crippen molar-refractivity contribution in [1.29, 1.82) is 5.26 Å². The highest BCUT2D eigenvalue weighted by atomic mass is 35.5. The smallest absolute Gasteiger partial charge is 0.298 e. The first kappa shape index (κ1) is 63.3. The third-order valence-corrected chi connectivity index (χ3v) is 18.6. The average molecular weight is 1330 g/mol. The fraction of sp³-hybridized carbons (Fsp3) is 0.239. The van der Waals surface area contributed by atoms with E-state index in [0.717, 1.165) is 11.8 Å². The van der Waals surface area contributed by atoms with Crippen molar-refractivity contribution in [2.24, 2.45) is 30.7 Å². The van der Waals surface area contributed by atoms with E-state index in [-0.39, 0.29) is 120 Å². The highest BCUT2D eigenvalue weighted by molar-refractivity contribution is 7.99. The number of para-hydroxylation sites is 2. The lowest BCUT2D eigenvalue weighted by atomic mass is 10.1. The van der Waals surface area contributed by atoms with Crippen LogP contribution >= 0.6 is 47.3 Å². The minimum Gasteiger partial charge on any atom is -0.494 e. The summed E-state index contributed by atoms with van der Waals surface area (Å²) in [7, 11) is -23.9. The van der Waals surface area contributed by atoms with Gasteiger partial charge in [-0.2, -0.15) is 60.0 Å². The first-order valence-corrected chi connectivity index (χ1v) is 33.9. The molecule has 0 radical (unpaired) electrons. The number of halogens is 1. The molecular weight excluding hydrogens is 1290 g/mol. The van der Waals surface area contributed by atoms with Gasteiger partial charge in [0.25, 0.3) is 50.6 Å². The second-order valence-electron chi connectivity index (χ2n) is 17.4. The maximum absolute atomic E-state index is 13.1. The van der Waals surface area contributed by atoms with E-state index in [1.165, 1.54) is 42.7 Å². The van der Waals surface area contributed by atoms with E-state index in [0.29, 0.717) is 34.5 Å². The first-order chi connectivity index (χ1) is 39.4. The number of aromatic hydroxyl groups is 1. The van der Waals surface area contributed by atoms with E-state index < -0.39 is 105 Å². The lowest BCUT2D eigenvalue weighted by Gasteiger charge is -2.15. The van der Waals surface area contributed by atoms with Crippen molar-refractivity contribution in [3.05, 3.63) is 76.8 Å². The van der Waals surface area contributed by atoms with Crippen LogP contribution in [0.5, 0.6) is 23.1 Å². The molecule has 444 valence electrons. The fourth-order valence-electron chi connectivity index (χ4n) is 8.04. The zero-order valence-corrected chi connectivity index (χ0v) is 50.1. The first-order valence-electron chi connectivity index (χ1n) is 23.5. The van der Waals surface area contributed by atoms with Crippen molar-refractivity contribution >= 4 is 169 Å². The maximum atomic E-state index is 13.1. The third kappa shape index (κ3) is 14.3. The van der Waals surface area contributed by atoms with Gasteiger partial charge in [0.15, 0.2) is 17.1 Å². The Morgan fingerprint density at radius 3 is 2.05 bits per heavy atom. The molecule has 0 saturated heterocycles. The van der Waals surface area contributed by atoms with Crippen LogP contribution in [0.3, 0.4) is 0 Å². The van der Waals surface area contributed by atoms with Crippen LogP contribution < -0.4 is 14.2 Å². The van der Waals surface area contributed by atoms with Gasteiger partial charge in [-0.3, -0.25) is 27.2 Å². The van der Waals surface area contributed by atoms with E-state index >= 15 is 0 Å². The summed E-state index contributed by atoms with van der Waals surface area (Å²) in [5.41, 5.74) is 0.556. The van der Waals surface area contributed by atoms with Gasteiger partial charge in [0, 0.05) is 33.4 Å². The molecule has 3 heterocycles. The number of azo groups is 3. The lowest BCUT2D eigenvalue weighted by Crippen LogP contribution is -2.10. The van der Waals surface area contributed by atoms with Crippen molar-refractivity contribution in [2.45, 2.75) is 45.8 Å². The number of aromatic nitrogens is 3. The van der Waals surface area contributed by atoms with Gasteiger partial charge in [-0.25, -0.2) is 9.97 Å². The molecule has 38 heteroatoms. The summed E-state index contributed by atoms with van der Waals surface area (Å²) < 4.78 is 191. The summed E-state index contributed by atoms with van der Waals surface area (Å²) in [5, 5.41) is 45.3. The monoisotopic (exact) mass is 1330 g/mol. The standard InChI is InChI=1S/C46H41ClN10O19S8/c1-23-26(22-48)44-49-28-8-3-4-9-33(28)57(44)45(58)39(23)55-52-30-18-27(47)29(19-35(30)75-11-6-14-80(59,60)61)51-54-32-20-34(74-2)31(21-36(32)78-13-7-15-81(62,63)64)53-56-46-50-40-41(76-10-5-12-77)43(84(71,72)73)25-16-24(82(65,66)67)17-37(83(68,69)70)38(25)42(40)79-46/h3-4,8-9,16-21,58,77H,5-7,10-15H2,1-2H3,(H,59,60,61)(H,62,63,64)(H,65,66,67)(H,68,69,70)(H,71,72,73). The van der Waals surface area contributed by atoms with Gasteiger partial charge >= 0.3 is 0 Å². The van der Waals surface area contributed by atoms with Crippen molar-refractivity contribution in [3.63, 3.8) is 0 Å². The molecule has 0 aliphatic rings. The molecule has 84 heavy (non-hydrogen) atoms. The molecule has 5 aromatic carbocycles. The predicted molar refractivity (Wildman–Crippen MR) is 310 cm³/mol. The van der Waals surface area contributed by atoms with E-state index in [9.17, 15) is 75.2 Å². The van der Waals surface area contributed by atoms with Crippen molar-refractivity contribution in [1.82, 2.24) is 14.4 Å². The average Bonchev–Trinajstić information content (AvgIpc) is 1.37. The maximum Gasteiger partial charge on any atom is 0.298 e. The number of nitrogens with zero attached hydrogens (tertiary/aromatic N) is 10. The molecule has 0 atom stereocenters. The Labute approximate surface area is 495 Å². The van der Waals surface area contributed by atoms with Gasteiger partial charge in [0.1, 0.15) is 61.2 Å². The minimum absolute atomic E-state index is 0.0222. The Hall–Kier alpha value is -6.77. The summed E-state index contributed by atoms with van der Waals surface area (Å²) in [6.07, 6.45) is -0.131. The Kier molecular flexibility index (Phi) is 18.9. The van der Waals surface area contributed by atoms with Gasteiger partial charge in [0.05, 0.1) is 57.5 Å². The molecule has 0 bridgehead atoms. The zero-order valence-electron chi connectivity index (χ0n) is 42.8. The summed E-state index contributed by atoms with van der Waals surface area (Å²) in [4.78, 5) is 5.43. The molecule has 6 N–H and O–H groups in total. The molecular formula is C46H41ClN10O19S8. The van der Waals surface area contributed by atoms with Gasteiger partial charge in [-0.05, 0) is 74.1 Å². The Bertz CT molecular complexity index is 4730. The van der Waals surface area contributed by atoms with Crippen LogP contribution in [0.25, 0.3) is 37.7 Å². The number of thioether (sulfide) groups is 1. The Morgan fingerprint density at radius 1 is 0.750 bits per heavy atom. The van der Waals surface area contributed by atoms with Crippen LogP contribution in [0.15, 0.2) is 111 Å².